The monoisotopic (exact) mass is 276 g/mol. The quantitative estimate of drug-likeness (QED) is 0.802. The maximum absolute atomic E-state index is 11.7. The van der Waals surface area contributed by atoms with Crippen LogP contribution in [0.3, 0.4) is 0 Å². The lowest BCUT2D eigenvalue weighted by atomic mass is 10.2. The van der Waals surface area contributed by atoms with Gasteiger partial charge >= 0.3 is 6.03 Å². The summed E-state index contributed by atoms with van der Waals surface area (Å²) in [4.78, 5) is 15.9. The molecular formula is C13H16N4OS. The fourth-order valence-electron chi connectivity index (χ4n) is 1.47. The number of nitrogens with two attached hydrogens (primary N) is 1. The van der Waals surface area contributed by atoms with Crippen molar-refractivity contribution in [3.8, 4) is 0 Å². The lowest BCUT2D eigenvalue weighted by Gasteiger charge is -2.05. The molecule has 2 rings (SSSR count). The Bertz CT molecular complexity index is 539. The Kier molecular flexibility index (Phi) is 4.48. The van der Waals surface area contributed by atoms with Gasteiger partial charge in [0.15, 0.2) is 5.13 Å². The predicted octanol–water partition coefficient (Wildman–Crippen LogP) is 2.48. The molecule has 0 bridgehead atoms. The topological polar surface area (TPSA) is 80.0 Å². The number of thiazole rings is 1. The van der Waals surface area contributed by atoms with E-state index in [1.54, 1.807) is 0 Å². The van der Waals surface area contributed by atoms with E-state index >= 15 is 0 Å². The maximum atomic E-state index is 11.7. The van der Waals surface area contributed by atoms with Gasteiger partial charge in [-0.25, -0.2) is 9.78 Å². The third-order valence-corrected chi connectivity index (χ3v) is 3.28. The van der Waals surface area contributed by atoms with E-state index in [-0.39, 0.29) is 12.1 Å². The molecule has 1 aromatic heterocycles. The minimum atomic E-state index is -0.269. The molecule has 0 aliphatic rings. The summed E-state index contributed by atoms with van der Waals surface area (Å²) in [5.41, 5.74) is 7.54. The molecule has 100 valence electrons. The second kappa shape index (κ2) is 6.31. The summed E-state index contributed by atoms with van der Waals surface area (Å²) < 4.78 is 0. The smallest absolute Gasteiger partial charge is 0.321 e. The summed E-state index contributed by atoms with van der Waals surface area (Å²) in [6.07, 6.45) is 0. The summed E-state index contributed by atoms with van der Waals surface area (Å²) in [6, 6.07) is 9.33. The molecule has 0 fully saturated rings. The van der Waals surface area contributed by atoms with E-state index in [1.165, 1.54) is 11.3 Å². The zero-order valence-corrected chi connectivity index (χ0v) is 11.4. The lowest BCUT2D eigenvalue weighted by Crippen LogP contribution is -2.28. The molecule has 0 saturated carbocycles. The van der Waals surface area contributed by atoms with Crippen LogP contribution in [0.4, 0.5) is 9.93 Å². The predicted molar refractivity (Wildman–Crippen MR) is 77.0 cm³/mol. The van der Waals surface area contributed by atoms with Crippen LogP contribution in [-0.4, -0.2) is 11.0 Å². The SMILES string of the molecule is CC(N)c1csc(NC(=O)NCc2ccccc2)n1. The first-order valence-corrected chi connectivity index (χ1v) is 6.83. The van der Waals surface area contributed by atoms with Crippen LogP contribution in [0.1, 0.15) is 24.2 Å². The van der Waals surface area contributed by atoms with Crippen LogP contribution >= 0.6 is 11.3 Å². The van der Waals surface area contributed by atoms with Crippen LogP contribution in [0.15, 0.2) is 35.7 Å². The number of hydrogen-bond acceptors (Lipinski definition) is 4. The van der Waals surface area contributed by atoms with Gasteiger partial charge in [-0.15, -0.1) is 11.3 Å². The van der Waals surface area contributed by atoms with E-state index in [9.17, 15) is 4.79 Å². The molecule has 2 amide bonds. The van der Waals surface area contributed by atoms with Gasteiger partial charge in [0.25, 0.3) is 0 Å². The minimum absolute atomic E-state index is 0.126. The number of amides is 2. The van der Waals surface area contributed by atoms with Crippen molar-refractivity contribution in [1.29, 1.82) is 0 Å². The molecule has 0 radical (unpaired) electrons. The van der Waals surface area contributed by atoms with Crippen molar-refractivity contribution in [1.82, 2.24) is 10.3 Å². The van der Waals surface area contributed by atoms with Gasteiger partial charge < -0.3 is 11.1 Å². The number of nitrogens with one attached hydrogen (secondary N) is 2. The van der Waals surface area contributed by atoms with Crippen LogP contribution in [0.2, 0.25) is 0 Å². The van der Waals surface area contributed by atoms with Gasteiger partial charge in [-0.3, -0.25) is 5.32 Å². The molecule has 1 unspecified atom stereocenters. The van der Waals surface area contributed by atoms with E-state index in [1.807, 2.05) is 42.6 Å². The molecule has 6 heteroatoms. The Balaban J connectivity index is 1.84. The van der Waals surface area contributed by atoms with Crippen LogP contribution < -0.4 is 16.4 Å². The average molecular weight is 276 g/mol. The first kappa shape index (κ1) is 13.5. The van der Waals surface area contributed by atoms with Gasteiger partial charge in [0, 0.05) is 18.0 Å². The van der Waals surface area contributed by atoms with E-state index in [2.05, 4.69) is 15.6 Å². The fraction of sp³-hybridized carbons (Fsp3) is 0.231. The van der Waals surface area contributed by atoms with Crippen LogP contribution in [0.5, 0.6) is 0 Å². The number of hydrogen-bond donors (Lipinski definition) is 3. The number of aromatic nitrogens is 1. The molecule has 5 nitrogen and oxygen atoms in total. The Morgan fingerprint density at radius 3 is 2.79 bits per heavy atom. The normalized spacial score (nSPS) is 11.9. The van der Waals surface area contributed by atoms with E-state index in [0.29, 0.717) is 11.7 Å². The largest absolute Gasteiger partial charge is 0.334 e. The average Bonchev–Trinajstić information content (AvgIpc) is 2.86. The van der Waals surface area contributed by atoms with E-state index in [0.717, 1.165) is 11.3 Å². The lowest BCUT2D eigenvalue weighted by molar-refractivity contribution is 0.251. The van der Waals surface area contributed by atoms with Gasteiger partial charge in [0.1, 0.15) is 0 Å². The van der Waals surface area contributed by atoms with Crippen molar-refractivity contribution < 1.29 is 4.79 Å². The van der Waals surface area contributed by atoms with Gasteiger partial charge in [0.2, 0.25) is 0 Å². The highest BCUT2D eigenvalue weighted by molar-refractivity contribution is 7.13. The number of nitrogens with zero attached hydrogens (tertiary/aromatic N) is 1. The summed E-state index contributed by atoms with van der Waals surface area (Å²) in [7, 11) is 0. The van der Waals surface area contributed by atoms with Crippen molar-refractivity contribution in [2.75, 3.05) is 5.32 Å². The molecule has 0 saturated heterocycles. The molecule has 1 aromatic carbocycles. The summed E-state index contributed by atoms with van der Waals surface area (Å²) >= 11 is 1.36. The van der Waals surface area contributed by atoms with Crippen LogP contribution in [-0.2, 0) is 6.54 Å². The zero-order valence-electron chi connectivity index (χ0n) is 10.6. The Morgan fingerprint density at radius 2 is 2.16 bits per heavy atom. The molecule has 2 aromatic rings. The first-order chi connectivity index (χ1) is 9.15. The third-order valence-electron chi connectivity index (χ3n) is 2.50. The molecule has 19 heavy (non-hydrogen) atoms. The number of benzene rings is 1. The standard InChI is InChI=1S/C13H16N4OS/c1-9(14)11-8-19-13(16-11)17-12(18)15-7-10-5-3-2-4-6-10/h2-6,8-9H,7,14H2,1H3,(H2,15,16,17,18). The minimum Gasteiger partial charge on any atom is -0.334 e. The van der Waals surface area contributed by atoms with Crippen molar-refractivity contribution in [2.45, 2.75) is 19.5 Å². The highest BCUT2D eigenvalue weighted by atomic mass is 32.1. The number of anilines is 1. The summed E-state index contributed by atoms with van der Waals surface area (Å²) in [5, 5.41) is 7.86. The second-order valence-corrected chi connectivity index (χ2v) is 5.02. The highest BCUT2D eigenvalue weighted by Gasteiger charge is 2.08. The first-order valence-electron chi connectivity index (χ1n) is 5.95. The third kappa shape index (κ3) is 4.04. The van der Waals surface area contributed by atoms with Crippen LogP contribution in [0, 0.1) is 0 Å². The van der Waals surface area contributed by atoms with Gasteiger partial charge in [-0.2, -0.15) is 0 Å². The van der Waals surface area contributed by atoms with Crippen molar-refractivity contribution in [3.05, 3.63) is 47.0 Å². The van der Waals surface area contributed by atoms with E-state index < -0.39 is 0 Å². The molecular weight excluding hydrogens is 260 g/mol. The Morgan fingerprint density at radius 1 is 1.42 bits per heavy atom. The summed E-state index contributed by atoms with van der Waals surface area (Å²) in [5.74, 6) is 0. The van der Waals surface area contributed by atoms with Crippen molar-refractivity contribution in [2.24, 2.45) is 5.73 Å². The number of carbonyl (C=O) groups is 1. The molecule has 0 aliphatic carbocycles. The second-order valence-electron chi connectivity index (χ2n) is 4.16. The fourth-order valence-corrected chi connectivity index (χ4v) is 2.28. The summed E-state index contributed by atoms with van der Waals surface area (Å²) in [6.45, 7) is 2.34. The van der Waals surface area contributed by atoms with Crippen molar-refractivity contribution in [3.63, 3.8) is 0 Å². The number of urea groups is 1. The molecule has 0 spiro atoms. The maximum Gasteiger partial charge on any atom is 0.321 e. The van der Waals surface area contributed by atoms with Gasteiger partial charge in [0.05, 0.1) is 5.69 Å². The van der Waals surface area contributed by atoms with E-state index in [4.69, 9.17) is 5.73 Å². The number of rotatable bonds is 4. The molecule has 1 heterocycles. The highest BCUT2D eigenvalue weighted by Crippen LogP contribution is 2.18. The van der Waals surface area contributed by atoms with Gasteiger partial charge in [-0.05, 0) is 12.5 Å². The molecule has 4 N–H and O–H groups in total. The van der Waals surface area contributed by atoms with Gasteiger partial charge in [-0.1, -0.05) is 30.3 Å². The Hall–Kier alpha value is -1.92. The Labute approximate surface area is 115 Å². The number of carbonyl (C=O) groups excluding carboxylic acids is 1. The molecule has 0 aliphatic heterocycles. The van der Waals surface area contributed by atoms with Crippen LogP contribution in [0.25, 0.3) is 0 Å². The van der Waals surface area contributed by atoms with Crippen molar-refractivity contribution >= 4 is 22.5 Å². The molecule has 1 atom stereocenters. The zero-order chi connectivity index (χ0) is 13.7.